The van der Waals surface area contributed by atoms with Crippen molar-refractivity contribution in [1.82, 2.24) is 20.0 Å². The molecule has 2 aromatic carbocycles. The first-order chi connectivity index (χ1) is 17.1. The Labute approximate surface area is 204 Å². The zero-order valence-corrected chi connectivity index (χ0v) is 19.8. The normalized spacial score (nSPS) is 14.3. The van der Waals surface area contributed by atoms with Gasteiger partial charge in [0.05, 0.1) is 5.69 Å². The minimum absolute atomic E-state index is 0.125. The molecule has 1 aliphatic heterocycles. The van der Waals surface area contributed by atoms with Crippen molar-refractivity contribution in [2.24, 2.45) is 0 Å². The molecule has 0 radical (unpaired) electrons. The topological polar surface area (TPSA) is 76.5 Å². The lowest BCUT2D eigenvalue weighted by molar-refractivity contribution is 0.0951. The number of nitrogens with one attached hydrogen (secondary N) is 1. The Hall–Kier alpha value is -3.52. The van der Waals surface area contributed by atoms with Crippen LogP contribution in [0.25, 0.3) is 5.69 Å². The molecule has 1 N–H and O–H groups in total. The van der Waals surface area contributed by atoms with Gasteiger partial charge in [-0.25, -0.2) is 4.39 Å². The van der Waals surface area contributed by atoms with E-state index in [9.17, 15) is 14.0 Å². The Bertz CT molecular complexity index is 1170. The highest BCUT2D eigenvalue weighted by atomic mass is 19.1. The van der Waals surface area contributed by atoms with Gasteiger partial charge in [-0.2, -0.15) is 4.68 Å². The fraction of sp³-hybridized carbons (Fsp3) is 0.370. The van der Waals surface area contributed by atoms with Gasteiger partial charge in [-0.3, -0.25) is 9.59 Å². The maximum absolute atomic E-state index is 13.4. The smallest absolute Gasteiger partial charge is 0.271 e. The van der Waals surface area contributed by atoms with Gasteiger partial charge >= 0.3 is 0 Å². The Kier molecular flexibility index (Phi) is 8.62. The zero-order chi connectivity index (χ0) is 24.5. The monoisotopic (exact) mass is 478 g/mol. The van der Waals surface area contributed by atoms with Crippen LogP contribution >= 0.6 is 0 Å². The van der Waals surface area contributed by atoms with Crippen molar-refractivity contribution in [3.05, 3.63) is 88.0 Å². The van der Waals surface area contributed by atoms with E-state index in [0.717, 1.165) is 26.1 Å². The van der Waals surface area contributed by atoms with E-state index in [0.29, 0.717) is 23.4 Å². The summed E-state index contributed by atoms with van der Waals surface area (Å²) in [5.74, 6) is -0.245. The second-order valence-electron chi connectivity index (χ2n) is 8.75. The summed E-state index contributed by atoms with van der Waals surface area (Å²) in [6.45, 7) is 4.06. The molecule has 0 bridgehead atoms. The highest BCUT2D eigenvalue weighted by Crippen LogP contribution is 2.13. The molecule has 0 aliphatic carbocycles. The first-order valence-electron chi connectivity index (χ1n) is 12.2. The first kappa shape index (κ1) is 24.6. The van der Waals surface area contributed by atoms with Crippen LogP contribution in [0.5, 0.6) is 5.88 Å². The standard InChI is InChI=1S/C27H31FN4O3/c28-23-8-5-7-21(19-23)20-35-25-13-14-26(33)32(30-25)24-11-9-22(10-12-24)27(34)29-15-6-18-31-16-3-1-2-4-17-31/h5,7-14,19H,1-4,6,15-18,20H2,(H,29,34). The van der Waals surface area contributed by atoms with Crippen molar-refractivity contribution in [3.8, 4) is 11.6 Å². The Morgan fingerprint density at radius 1 is 1.00 bits per heavy atom. The molecule has 1 amide bonds. The molecule has 1 fully saturated rings. The third-order valence-electron chi connectivity index (χ3n) is 6.06. The molecule has 3 aromatic rings. The Morgan fingerprint density at radius 2 is 1.77 bits per heavy atom. The number of hydrogen-bond donors (Lipinski definition) is 1. The van der Waals surface area contributed by atoms with Crippen LogP contribution in [-0.2, 0) is 6.61 Å². The minimum Gasteiger partial charge on any atom is -0.472 e. The SMILES string of the molecule is O=C(NCCCN1CCCCCC1)c1ccc(-n2nc(OCc3cccc(F)c3)ccc2=O)cc1. The average molecular weight is 479 g/mol. The van der Waals surface area contributed by atoms with Gasteiger partial charge in [-0.1, -0.05) is 25.0 Å². The summed E-state index contributed by atoms with van der Waals surface area (Å²) >= 11 is 0. The van der Waals surface area contributed by atoms with E-state index in [1.165, 1.54) is 54.6 Å². The number of hydrogen-bond acceptors (Lipinski definition) is 5. The second kappa shape index (κ2) is 12.3. The number of carbonyl (C=O) groups is 1. The van der Waals surface area contributed by atoms with Crippen LogP contribution in [0.2, 0.25) is 0 Å². The molecule has 2 heterocycles. The first-order valence-corrected chi connectivity index (χ1v) is 12.2. The predicted molar refractivity (Wildman–Crippen MR) is 132 cm³/mol. The third kappa shape index (κ3) is 7.23. The number of halogens is 1. The van der Waals surface area contributed by atoms with Gasteiger partial charge in [0.15, 0.2) is 0 Å². The lowest BCUT2D eigenvalue weighted by Gasteiger charge is -2.19. The molecule has 0 unspecified atom stereocenters. The van der Waals surface area contributed by atoms with Crippen LogP contribution in [0.3, 0.4) is 0 Å². The van der Waals surface area contributed by atoms with Crippen LogP contribution in [0.15, 0.2) is 65.5 Å². The quantitative estimate of drug-likeness (QED) is 0.472. The van der Waals surface area contributed by atoms with Crippen molar-refractivity contribution in [1.29, 1.82) is 0 Å². The Balaban J connectivity index is 1.31. The number of aromatic nitrogens is 2. The minimum atomic E-state index is -0.342. The molecule has 1 aromatic heterocycles. The summed E-state index contributed by atoms with van der Waals surface area (Å²) in [7, 11) is 0. The van der Waals surface area contributed by atoms with Crippen molar-refractivity contribution < 1.29 is 13.9 Å². The summed E-state index contributed by atoms with van der Waals surface area (Å²) in [4.78, 5) is 27.3. The third-order valence-corrected chi connectivity index (χ3v) is 6.06. The van der Waals surface area contributed by atoms with Crippen molar-refractivity contribution in [2.75, 3.05) is 26.2 Å². The molecule has 0 spiro atoms. The molecule has 4 rings (SSSR count). The lowest BCUT2D eigenvalue weighted by atomic mass is 10.2. The van der Waals surface area contributed by atoms with E-state index in [2.05, 4.69) is 15.3 Å². The van der Waals surface area contributed by atoms with E-state index in [1.54, 1.807) is 36.4 Å². The molecule has 35 heavy (non-hydrogen) atoms. The maximum Gasteiger partial charge on any atom is 0.271 e. The largest absolute Gasteiger partial charge is 0.472 e. The van der Waals surface area contributed by atoms with Crippen LogP contribution in [0.4, 0.5) is 4.39 Å². The molecule has 7 nitrogen and oxygen atoms in total. The fourth-order valence-electron chi connectivity index (χ4n) is 4.16. The number of nitrogens with zero attached hydrogens (tertiary/aromatic N) is 3. The van der Waals surface area contributed by atoms with Crippen molar-refractivity contribution in [3.63, 3.8) is 0 Å². The summed E-state index contributed by atoms with van der Waals surface area (Å²) < 4.78 is 20.2. The molecule has 8 heteroatoms. The summed E-state index contributed by atoms with van der Waals surface area (Å²) in [6, 6.07) is 15.6. The van der Waals surface area contributed by atoms with E-state index >= 15 is 0 Å². The Morgan fingerprint density at radius 3 is 2.51 bits per heavy atom. The van der Waals surface area contributed by atoms with Gasteiger partial charge in [0.2, 0.25) is 5.88 Å². The van der Waals surface area contributed by atoms with Gasteiger partial charge in [0, 0.05) is 24.2 Å². The maximum atomic E-state index is 13.4. The molecular formula is C27H31FN4O3. The summed E-state index contributed by atoms with van der Waals surface area (Å²) in [5, 5.41) is 7.22. The number of likely N-dealkylation sites (tertiary alicyclic amines) is 1. The van der Waals surface area contributed by atoms with Crippen LogP contribution in [0.1, 0.15) is 48.0 Å². The fourth-order valence-corrected chi connectivity index (χ4v) is 4.16. The van der Waals surface area contributed by atoms with Gasteiger partial charge in [-0.05, 0) is 80.9 Å². The van der Waals surface area contributed by atoms with Gasteiger partial charge in [0.25, 0.3) is 11.5 Å². The number of ether oxygens (including phenoxy) is 1. The van der Waals surface area contributed by atoms with Gasteiger partial charge in [-0.15, -0.1) is 5.10 Å². The van der Waals surface area contributed by atoms with Gasteiger partial charge in [0.1, 0.15) is 12.4 Å². The molecule has 0 saturated carbocycles. The van der Waals surface area contributed by atoms with Crippen LogP contribution < -0.4 is 15.6 Å². The molecule has 1 saturated heterocycles. The average Bonchev–Trinajstić information content (AvgIpc) is 3.15. The van der Waals surface area contributed by atoms with Crippen LogP contribution in [0, 0.1) is 5.82 Å². The summed E-state index contributed by atoms with van der Waals surface area (Å²) in [5.41, 5.74) is 1.37. The van der Waals surface area contributed by atoms with E-state index in [4.69, 9.17) is 4.74 Å². The van der Waals surface area contributed by atoms with E-state index in [-0.39, 0.29) is 29.8 Å². The highest BCUT2D eigenvalue weighted by Gasteiger charge is 2.10. The second-order valence-corrected chi connectivity index (χ2v) is 8.75. The predicted octanol–water partition coefficient (Wildman–Crippen LogP) is 3.95. The molecule has 1 aliphatic rings. The number of amides is 1. The molecule has 184 valence electrons. The molecule has 0 atom stereocenters. The highest BCUT2D eigenvalue weighted by molar-refractivity contribution is 5.94. The van der Waals surface area contributed by atoms with E-state index in [1.807, 2.05) is 0 Å². The molecular weight excluding hydrogens is 447 g/mol. The zero-order valence-electron chi connectivity index (χ0n) is 19.8. The lowest BCUT2D eigenvalue weighted by Crippen LogP contribution is -2.30. The van der Waals surface area contributed by atoms with Crippen LogP contribution in [-0.4, -0.2) is 46.8 Å². The van der Waals surface area contributed by atoms with E-state index < -0.39 is 0 Å². The number of carbonyl (C=O) groups excluding carboxylic acids is 1. The van der Waals surface area contributed by atoms with Crippen molar-refractivity contribution in [2.45, 2.75) is 38.7 Å². The number of rotatable bonds is 9. The van der Waals surface area contributed by atoms with Crippen molar-refractivity contribution >= 4 is 5.91 Å². The number of benzene rings is 2. The summed E-state index contributed by atoms with van der Waals surface area (Å²) in [6.07, 6.45) is 6.08. The van der Waals surface area contributed by atoms with Gasteiger partial charge < -0.3 is 15.0 Å².